The van der Waals surface area contributed by atoms with Gasteiger partial charge in [-0.25, -0.2) is 14.9 Å². The van der Waals surface area contributed by atoms with Crippen molar-refractivity contribution in [2.75, 3.05) is 14.1 Å². The molecular formula is C35H65F2N5O9. The second-order valence-electron chi connectivity index (χ2n) is 15.4. The summed E-state index contributed by atoms with van der Waals surface area (Å²) >= 11 is 0. The van der Waals surface area contributed by atoms with Crippen LogP contribution in [0.4, 0.5) is 8.78 Å². The van der Waals surface area contributed by atoms with E-state index < -0.39 is 53.4 Å². The number of carbonyl (C=O) groups excluding carboxylic acids is 1. The summed E-state index contributed by atoms with van der Waals surface area (Å²) in [4.78, 5) is 15.1. The molecule has 2 aliphatic carbocycles. The average molecular weight is 738 g/mol. The van der Waals surface area contributed by atoms with Crippen molar-refractivity contribution in [3.05, 3.63) is 23.8 Å². The molecule has 4 aliphatic rings. The Hall–Kier alpha value is -1.67. The SMILES string of the molecule is CC.CC1CC(CC(C)N2C(C)N(C)N(C)C2C(C)(C)O)N(C(O)(O)CCC2=CC=CCC2)C1C.NC(=O)C1(O)CC(O)(O)C(F)(F)C(O)(O)C1. The maximum Gasteiger partial charge on any atom is 0.352 e. The molecule has 10 N–H and O–H groups in total. The van der Waals surface area contributed by atoms with Gasteiger partial charge >= 0.3 is 5.92 Å². The van der Waals surface area contributed by atoms with Crippen molar-refractivity contribution < 1.29 is 54.4 Å². The number of amides is 1. The molecule has 6 unspecified atom stereocenters. The first-order valence-electron chi connectivity index (χ1n) is 17.9. The van der Waals surface area contributed by atoms with E-state index >= 15 is 0 Å². The zero-order chi connectivity index (χ0) is 39.7. The summed E-state index contributed by atoms with van der Waals surface area (Å²) in [7, 11) is 4.09. The molecule has 2 aliphatic heterocycles. The third kappa shape index (κ3) is 9.53. The van der Waals surface area contributed by atoms with Gasteiger partial charge in [0.2, 0.25) is 23.4 Å². The van der Waals surface area contributed by atoms with E-state index in [-0.39, 0.29) is 30.5 Å². The zero-order valence-electron chi connectivity index (χ0n) is 32.0. The quantitative estimate of drug-likeness (QED) is 0.152. The molecule has 51 heavy (non-hydrogen) atoms. The van der Waals surface area contributed by atoms with Gasteiger partial charge < -0.3 is 46.6 Å². The predicted molar refractivity (Wildman–Crippen MR) is 187 cm³/mol. The van der Waals surface area contributed by atoms with E-state index in [1.807, 2.05) is 39.6 Å². The molecule has 3 fully saturated rings. The van der Waals surface area contributed by atoms with Gasteiger partial charge in [0.25, 0.3) is 0 Å². The number of primary amides is 1. The maximum atomic E-state index is 13.1. The summed E-state index contributed by atoms with van der Waals surface area (Å²) in [5, 5.41) is 82.9. The molecule has 1 saturated carbocycles. The standard InChI is InChI=1S/C26H48N4O3.C7H11F2NO6.C2H6/c1-18-16-23(17-19(2)29-21(4)27(7)28(8)24(29)25(5,6)31)30(20(18)3)26(32,33)15-14-22-12-10-9-11-13-22;8-7(9)5(13,14)1-4(12,3(10)11)2-6(7,15)16;1-2/h9-10,12,18-21,23-24,31-33H,11,13-17H2,1-8H3;12-16H,1-2H2,(H2,10,11);1-2H3. The number of hydrogen-bond acceptors (Lipinski definition) is 13. The smallest absolute Gasteiger partial charge is 0.352 e. The average Bonchev–Trinajstić information content (AvgIpc) is 3.42. The van der Waals surface area contributed by atoms with E-state index in [0.29, 0.717) is 18.8 Å². The van der Waals surface area contributed by atoms with E-state index in [9.17, 15) is 34.0 Å². The van der Waals surface area contributed by atoms with Crippen LogP contribution in [0.5, 0.6) is 0 Å². The first-order valence-corrected chi connectivity index (χ1v) is 17.9. The Bertz CT molecular complexity index is 1220. The number of nitrogens with zero attached hydrogens (tertiary/aromatic N) is 4. The fourth-order valence-corrected chi connectivity index (χ4v) is 8.06. The molecule has 0 aromatic carbocycles. The van der Waals surface area contributed by atoms with Gasteiger partial charge in [-0.15, -0.1) is 0 Å². The van der Waals surface area contributed by atoms with E-state index in [1.165, 1.54) is 5.57 Å². The highest BCUT2D eigenvalue weighted by Crippen LogP contribution is 2.49. The molecule has 2 saturated heterocycles. The van der Waals surface area contributed by atoms with Crippen molar-refractivity contribution in [2.24, 2.45) is 11.7 Å². The van der Waals surface area contributed by atoms with Crippen LogP contribution in [-0.4, -0.2) is 146 Å². The van der Waals surface area contributed by atoms with Crippen molar-refractivity contribution in [3.63, 3.8) is 0 Å². The molecule has 0 spiro atoms. The van der Waals surface area contributed by atoms with Gasteiger partial charge in [-0.2, -0.15) is 8.78 Å². The second kappa shape index (κ2) is 16.4. The Morgan fingerprint density at radius 1 is 1.00 bits per heavy atom. The van der Waals surface area contributed by atoms with Crippen LogP contribution in [0.2, 0.25) is 0 Å². The molecule has 298 valence electrons. The van der Waals surface area contributed by atoms with Crippen molar-refractivity contribution in [1.82, 2.24) is 19.8 Å². The van der Waals surface area contributed by atoms with Crippen molar-refractivity contribution >= 4 is 5.91 Å². The van der Waals surface area contributed by atoms with Gasteiger partial charge in [0.1, 0.15) is 6.17 Å². The normalized spacial score (nSPS) is 31.6. The molecule has 6 atom stereocenters. The number of carbonyl (C=O) groups is 1. The van der Waals surface area contributed by atoms with Gasteiger partial charge in [0, 0.05) is 51.5 Å². The van der Waals surface area contributed by atoms with Crippen LogP contribution >= 0.6 is 0 Å². The molecule has 14 nitrogen and oxygen atoms in total. The number of rotatable bonds is 9. The van der Waals surface area contributed by atoms with Crippen molar-refractivity contribution in [3.8, 4) is 0 Å². The third-order valence-corrected chi connectivity index (χ3v) is 11.0. The van der Waals surface area contributed by atoms with Crippen LogP contribution < -0.4 is 5.73 Å². The monoisotopic (exact) mass is 737 g/mol. The lowest BCUT2D eigenvalue weighted by atomic mass is 9.74. The molecule has 1 amide bonds. The van der Waals surface area contributed by atoms with Crippen LogP contribution in [0, 0.1) is 5.92 Å². The molecule has 0 aromatic heterocycles. The third-order valence-electron chi connectivity index (χ3n) is 11.0. The molecule has 2 heterocycles. The summed E-state index contributed by atoms with van der Waals surface area (Å²) < 4.78 is 26.2. The van der Waals surface area contributed by atoms with Crippen molar-refractivity contribution in [1.29, 1.82) is 0 Å². The second-order valence-corrected chi connectivity index (χ2v) is 15.4. The molecular weight excluding hydrogens is 672 g/mol. The molecule has 0 bridgehead atoms. The largest absolute Gasteiger partial charge is 0.387 e. The first-order chi connectivity index (χ1) is 23.1. The lowest BCUT2D eigenvalue weighted by Gasteiger charge is -2.48. The number of hydrogen-bond donors (Lipinski definition) is 9. The molecule has 16 heteroatoms. The van der Waals surface area contributed by atoms with Crippen LogP contribution in [0.1, 0.15) is 107 Å². The van der Waals surface area contributed by atoms with Gasteiger partial charge in [-0.1, -0.05) is 44.6 Å². The van der Waals surface area contributed by atoms with Crippen LogP contribution in [0.15, 0.2) is 23.8 Å². The van der Waals surface area contributed by atoms with Gasteiger partial charge in [-0.3, -0.25) is 9.69 Å². The summed E-state index contributed by atoms with van der Waals surface area (Å²) in [5.74, 6) is -15.7. The van der Waals surface area contributed by atoms with Gasteiger partial charge in [0.05, 0.1) is 11.8 Å². The topological polar surface area (TPSA) is 218 Å². The van der Waals surface area contributed by atoms with E-state index in [1.54, 1.807) is 0 Å². The Morgan fingerprint density at radius 2 is 1.53 bits per heavy atom. The fraction of sp³-hybridized carbons (Fsp3) is 0.857. The Labute approximate surface area is 301 Å². The van der Waals surface area contributed by atoms with Crippen LogP contribution in [0.25, 0.3) is 0 Å². The number of halogens is 2. The number of hydrazine groups is 1. The highest BCUT2D eigenvalue weighted by Gasteiger charge is 2.73. The zero-order valence-corrected chi connectivity index (χ0v) is 32.0. The van der Waals surface area contributed by atoms with Crippen LogP contribution in [0.3, 0.4) is 0 Å². The Morgan fingerprint density at radius 3 is 1.98 bits per heavy atom. The first kappa shape index (κ1) is 45.5. The Kier molecular flexibility index (Phi) is 14.6. The number of alkyl halides is 2. The number of likely N-dealkylation sites (tertiary alicyclic amines) is 1. The molecule has 0 radical (unpaired) electrons. The lowest BCUT2D eigenvalue weighted by molar-refractivity contribution is -0.432. The number of nitrogens with two attached hydrogens (primary N) is 1. The van der Waals surface area contributed by atoms with E-state index in [2.05, 4.69) is 73.6 Å². The highest BCUT2D eigenvalue weighted by molar-refractivity contribution is 5.83. The molecule has 0 aromatic rings. The van der Waals surface area contributed by atoms with Gasteiger partial charge in [0.15, 0.2) is 5.60 Å². The summed E-state index contributed by atoms with van der Waals surface area (Å²) in [6.07, 6.45) is 8.14. The summed E-state index contributed by atoms with van der Waals surface area (Å²) in [6.45, 7) is 16.5. The fourth-order valence-electron chi connectivity index (χ4n) is 8.06. The van der Waals surface area contributed by atoms with E-state index in [4.69, 9.17) is 20.4 Å². The summed E-state index contributed by atoms with van der Waals surface area (Å²) in [6, 6.07) is 0.339. The van der Waals surface area contributed by atoms with E-state index in [0.717, 1.165) is 25.7 Å². The molecule has 4 rings (SSSR count). The minimum absolute atomic E-state index is 0.0751. The number of aliphatic hydroxyl groups is 8. The number of likely N-dealkylation sites (N-methyl/N-ethyl adjacent to an activating group) is 1. The lowest BCUT2D eigenvalue weighted by Crippen LogP contribution is -2.73. The minimum atomic E-state index is -4.73. The predicted octanol–water partition coefficient (Wildman–Crippen LogP) is 1.12. The maximum absolute atomic E-state index is 13.1. The number of allylic oxidation sites excluding steroid dienone is 4. The van der Waals surface area contributed by atoms with Crippen molar-refractivity contribution in [2.45, 2.75) is 172 Å². The van der Waals surface area contributed by atoms with Gasteiger partial charge in [-0.05, 0) is 72.6 Å². The Balaban J connectivity index is 0.000000420. The highest BCUT2D eigenvalue weighted by atomic mass is 19.3. The van der Waals surface area contributed by atoms with Crippen LogP contribution in [-0.2, 0) is 4.79 Å². The minimum Gasteiger partial charge on any atom is -0.387 e. The summed E-state index contributed by atoms with van der Waals surface area (Å²) in [5.41, 5.74) is 2.22.